The molecule has 1 rings (SSSR count). The topological polar surface area (TPSA) is 46.3 Å². The van der Waals surface area contributed by atoms with Gasteiger partial charge < -0.3 is 10.6 Å². The molecule has 94 valence electrons. The van der Waals surface area contributed by atoms with Crippen LogP contribution in [-0.4, -0.2) is 24.4 Å². The Kier molecular flexibility index (Phi) is 4.49. The van der Waals surface area contributed by atoms with E-state index in [2.05, 4.69) is 6.92 Å². The maximum Gasteiger partial charge on any atom is 0.253 e. The highest BCUT2D eigenvalue weighted by molar-refractivity contribution is 5.95. The average Bonchev–Trinajstić information content (AvgIpc) is 2.31. The van der Waals surface area contributed by atoms with Gasteiger partial charge in [0.1, 0.15) is 5.82 Å². The number of amides is 1. The molecular formula is C13H19FN2O. The molecule has 3 nitrogen and oxygen atoms in total. The molecule has 0 saturated heterocycles. The van der Waals surface area contributed by atoms with Crippen LogP contribution in [0.5, 0.6) is 0 Å². The smallest absolute Gasteiger partial charge is 0.253 e. The van der Waals surface area contributed by atoms with Gasteiger partial charge in [-0.25, -0.2) is 4.39 Å². The highest BCUT2D eigenvalue weighted by atomic mass is 19.1. The van der Waals surface area contributed by atoms with Crippen molar-refractivity contribution < 1.29 is 9.18 Å². The van der Waals surface area contributed by atoms with Crippen molar-refractivity contribution in [3.8, 4) is 0 Å². The molecule has 0 aliphatic heterocycles. The van der Waals surface area contributed by atoms with E-state index in [1.54, 1.807) is 18.9 Å². The van der Waals surface area contributed by atoms with Crippen molar-refractivity contribution in [2.45, 2.75) is 26.7 Å². The summed E-state index contributed by atoms with van der Waals surface area (Å²) in [5.41, 5.74) is 6.66. The minimum atomic E-state index is -0.433. The van der Waals surface area contributed by atoms with Gasteiger partial charge in [-0.3, -0.25) is 4.79 Å². The van der Waals surface area contributed by atoms with Gasteiger partial charge in [-0.15, -0.1) is 0 Å². The van der Waals surface area contributed by atoms with Crippen LogP contribution in [0.25, 0.3) is 0 Å². The number of rotatable bonds is 4. The molecule has 0 spiro atoms. The zero-order chi connectivity index (χ0) is 13.0. The average molecular weight is 238 g/mol. The Morgan fingerprint density at radius 3 is 2.65 bits per heavy atom. The summed E-state index contributed by atoms with van der Waals surface area (Å²) in [6.45, 7) is 4.33. The van der Waals surface area contributed by atoms with Crippen LogP contribution in [0.15, 0.2) is 12.1 Å². The van der Waals surface area contributed by atoms with E-state index in [1.165, 1.54) is 12.1 Å². The quantitative estimate of drug-likeness (QED) is 0.819. The molecule has 0 heterocycles. The number of anilines is 1. The SMILES string of the molecule is CCCCN(C)C(=O)c1cc(N)c(C)c(F)c1. The molecule has 1 aromatic carbocycles. The van der Waals surface area contributed by atoms with Gasteiger partial charge in [0.2, 0.25) is 0 Å². The monoisotopic (exact) mass is 238 g/mol. The van der Waals surface area contributed by atoms with Crippen LogP contribution < -0.4 is 5.73 Å². The Bertz CT molecular complexity index is 395. The number of unbranched alkanes of at least 4 members (excludes halogenated alkanes) is 1. The molecule has 0 aliphatic rings. The normalized spacial score (nSPS) is 10.4. The van der Waals surface area contributed by atoms with Crippen LogP contribution in [0.3, 0.4) is 0 Å². The standard InChI is InChI=1S/C13H19FN2O/c1-4-5-6-16(3)13(17)10-7-11(14)9(2)12(15)8-10/h7-8H,4-6,15H2,1-3H3. The Morgan fingerprint density at radius 1 is 1.47 bits per heavy atom. The van der Waals surface area contributed by atoms with E-state index >= 15 is 0 Å². The number of hydrogen-bond acceptors (Lipinski definition) is 2. The fraction of sp³-hybridized carbons (Fsp3) is 0.462. The van der Waals surface area contributed by atoms with E-state index in [0.29, 0.717) is 23.4 Å². The van der Waals surface area contributed by atoms with E-state index in [9.17, 15) is 9.18 Å². The number of carbonyl (C=O) groups excluding carboxylic acids is 1. The van der Waals surface area contributed by atoms with Gasteiger partial charge >= 0.3 is 0 Å². The number of carbonyl (C=O) groups is 1. The minimum absolute atomic E-state index is 0.191. The molecule has 0 atom stereocenters. The molecule has 0 unspecified atom stereocenters. The molecule has 0 bridgehead atoms. The zero-order valence-electron chi connectivity index (χ0n) is 10.6. The Hall–Kier alpha value is -1.58. The second kappa shape index (κ2) is 5.66. The number of hydrogen-bond donors (Lipinski definition) is 1. The van der Waals surface area contributed by atoms with Gasteiger partial charge in [-0.1, -0.05) is 13.3 Å². The van der Waals surface area contributed by atoms with Crippen molar-refractivity contribution in [2.75, 3.05) is 19.3 Å². The second-order valence-corrected chi connectivity index (χ2v) is 4.25. The predicted molar refractivity (Wildman–Crippen MR) is 67.4 cm³/mol. The first-order chi connectivity index (χ1) is 7.97. The first kappa shape index (κ1) is 13.5. The summed E-state index contributed by atoms with van der Waals surface area (Å²) >= 11 is 0. The van der Waals surface area contributed by atoms with E-state index in [1.807, 2.05) is 0 Å². The van der Waals surface area contributed by atoms with Crippen molar-refractivity contribution in [3.05, 3.63) is 29.1 Å². The van der Waals surface area contributed by atoms with Crippen molar-refractivity contribution in [1.29, 1.82) is 0 Å². The lowest BCUT2D eigenvalue weighted by atomic mass is 10.1. The molecule has 1 aromatic rings. The minimum Gasteiger partial charge on any atom is -0.398 e. The van der Waals surface area contributed by atoms with Crippen molar-refractivity contribution in [1.82, 2.24) is 4.90 Å². The third-order valence-electron chi connectivity index (χ3n) is 2.83. The molecule has 0 radical (unpaired) electrons. The summed E-state index contributed by atoms with van der Waals surface area (Å²) in [7, 11) is 1.71. The first-order valence-electron chi connectivity index (χ1n) is 5.78. The number of nitrogens with zero attached hydrogens (tertiary/aromatic N) is 1. The molecule has 0 aliphatic carbocycles. The lowest BCUT2D eigenvalue weighted by Gasteiger charge is -2.17. The lowest BCUT2D eigenvalue weighted by Crippen LogP contribution is -2.27. The van der Waals surface area contributed by atoms with Gasteiger partial charge in [-0.2, -0.15) is 0 Å². The predicted octanol–water partition coefficient (Wildman–Crippen LogP) is 2.59. The zero-order valence-corrected chi connectivity index (χ0v) is 10.6. The van der Waals surface area contributed by atoms with Crippen LogP contribution in [0, 0.1) is 12.7 Å². The number of nitrogen functional groups attached to an aromatic ring is 1. The largest absolute Gasteiger partial charge is 0.398 e. The van der Waals surface area contributed by atoms with Crippen molar-refractivity contribution in [2.24, 2.45) is 0 Å². The fourth-order valence-corrected chi connectivity index (χ4v) is 1.54. The molecule has 0 fully saturated rings. The number of nitrogens with two attached hydrogens (primary N) is 1. The third-order valence-corrected chi connectivity index (χ3v) is 2.83. The lowest BCUT2D eigenvalue weighted by molar-refractivity contribution is 0.0793. The van der Waals surface area contributed by atoms with Crippen LogP contribution in [0.4, 0.5) is 10.1 Å². The maximum absolute atomic E-state index is 13.5. The Balaban J connectivity index is 2.89. The second-order valence-electron chi connectivity index (χ2n) is 4.25. The molecule has 0 saturated carbocycles. The third kappa shape index (κ3) is 3.19. The highest BCUT2D eigenvalue weighted by Gasteiger charge is 2.14. The Labute approximate surface area is 101 Å². The molecule has 0 aromatic heterocycles. The highest BCUT2D eigenvalue weighted by Crippen LogP contribution is 2.18. The molecule has 17 heavy (non-hydrogen) atoms. The van der Waals surface area contributed by atoms with E-state index in [0.717, 1.165) is 12.8 Å². The van der Waals surface area contributed by atoms with Crippen LogP contribution in [0.2, 0.25) is 0 Å². The van der Waals surface area contributed by atoms with Crippen LogP contribution in [-0.2, 0) is 0 Å². The van der Waals surface area contributed by atoms with E-state index in [-0.39, 0.29) is 5.91 Å². The number of halogens is 1. The summed E-state index contributed by atoms with van der Waals surface area (Å²) in [5.74, 6) is -0.624. The summed E-state index contributed by atoms with van der Waals surface area (Å²) in [4.78, 5) is 13.6. The van der Waals surface area contributed by atoms with Crippen molar-refractivity contribution >= 4 is 11.6 Å². The molecule has 2 N–H and O–H groups in total. The summed E-state index contributed by atoms with van der Waals surface area (Å²) in [5, 5.41) is 0. The first-order valence-corrected chi connectivity index (χ1v) is 5.78. The van der Waals surface area contributed by atoms with Crippen LogP contribution >= 0.6 is 0 Å². The van der Waals surface area contributed by atoms with E-state index < -0.39 is 5.82 Å². The van der Waals surface area contributed by atoms with Crippen LogP contribution in [0.1, 0.15) is 35.7 Å². The van der Waals surface area contributed by atoms with Crippen molar-refractivity contribution in [3.63, 3.8) is 0 Å². The summed E-state index contributed by atoms with van der Waals surface area (Å²) in [6.07, 6.45) is 1.95. The molecular weight excluding hydrogens is 219 g/mol. The van der Waals surface area contributed by atoms with Gasteiger partial charge in [-0.05, 0) is 25.5 Å². The van der Waals surface area contributed by atoms with Gasteiger partial charge in [0.05, 0.1) is 0 Å². The molecule has 4 heteroatoms. The number of benzene rings is 1. The van der Waals surface area contributed by atoms with Gasteiger partial charge in [0.25, 0.3) is 5.91 Å². The Morgan fingerprint density at radius 2 is 2.12 bits per heavy atom. The molecule has 1 amide bonds. The summed E-state index contributed by atoms with van der Waals surface area (Å²) in [6, 6.07) is 2.78. The van der Waals surface area contributed by atoms with E-state index in [4.69, 9.17) is 5.73 Å². The summed E-state index contributed by atoms with van der Waals surface area (Å²) < 4.78 is 13.5. The van der Waals surface area contributed by atoms with Gasteiger partial charge in [0, 0.05) is 30.4 Å². The fourth-order valence-electron chi connectivity index (χ4n) is 1.54. The maximum atomic E-state index is 13.5. The van der Waals surface area contributed by atoms with Gasteiger partial charge in [0.15, 0.2) is 0 Å².